The van der Waals surface area contributed by atoms with E-state index >= 15 is 0 Å². The molecule has 0 saturated carbocycles. The van der Waals surface area contributed by atoms with Crippen LogP contribution >= 0.6 is 11.6 Å². The van der Waals surface area contributed by atoms with Crippen LogP contribution in [0.3, 0.4) is 0 Å². The first-order chi connectivity index (χ1) is 15.4. The molecule has 9 heteroatoms. The van der Waals surface area contributed by atoms with Crippen molar-refractivity contribution in [2.75, 3.05) is 12.4 Å². The predicted molar refractivity (Wildman–Crippen MR) is 120 cm³/mol. The second-order valence-electron chi connectivity index (χ2n) is 6.49. The van der Waals surface area contributed by atoms with Crippen LogP contribution in [0.1, 0.15) is 11.1 Å². The van der Waals surface area contributed by atoms with Crippen molar-refractivity contribution in [1.82, 2.24) is 5.43 Å². The Balaban J connectivity index is 1.55. The van der Waals surface area contributed by atoms with Crippen LogP contribution < -0.4 is 20.2 Å². The maximum Gasteiger partial charge on any atom is 0.329 e. The van der Waals surface area contributed by atoms with Crippen molar-refractivity contribution in [3.8, 4) is 11.5 Å². The normalized spacial score (nSPS) is 10.6. The van der Waals surface area contributed by atoms with Gasteiger partial charge in [0, 0.05) is 10.7 Å². The number of benzene rings is 3. The highest BCUT2D eigenvalue weighted by Crippen LogP contribution is 2.28. The van der Waals surface area contributed by atoms with Crippen LogP contribution in [-0.2, 0) is 16.2 Å². The minimum absolute atomic E-state index is 0.239. The number of halogens is 2. The third-order valence-electron chi connectivity index (χ3n) is 4.18. The van der Waals surface area contributed by atoms with Crippen molar-refractivity contribution >= 4 is 35.3 Å². The molecule has 0 unspecified atom stereocenters. The zero-order valence-electron chi connectivity index (χ0n) is 17.0. The van der Waals surface area contributed by atoms with Gasteiger partial charge in [-0.3, -0.25) is 9.59 Å². The standard InChI is InChI=1S/C23H19ClFN3O4/c1-31-21-12-16(4-11-20(21)32-14-15-2-7-18(25)8-3-15)13-26-28-23(30)22(29)27-19-9-5-17(24)6-10-19/h2-13H,14H2,1H3,(H,27,29)(H,28,30). The summed E-state index contributed by atoms with van der Waals surface area (Å²) < 4.78 is 24.0. The van der Waals surface area contributed by atoms with Crippen LogP contribution in [0.15, 0.2) is 71.8 Å². The molecule has 0 aromatic heterocycles. The first kappa shape index (κ1) is 22.8. The molecule has 2 amide bonds. The largest absolute Gasteiger partial charge is 0.493 e. The van der Waals surface area contributed by atoms with Crippen LogP contribution in [0.5, 0.6) is 11.5 Å². The lowest BCUT2D eigenvalue weighted by atomic mass is 10.2. The first-order valence-electron chi connectivity index (χ1n) is 9.40. The first-order valence-corrected chi connectivity index (χ1v) is 9.77. The highest BCUT2D eigenvalue weighted by molar-refractivity contribution is 6.39. The van der Waals surface area contributed by atoms with Gasteiger partial charge in [0.15, 0.2) is 11.5 Å². The summed E-state index contributed by atoms with van der Waals surface area (Å²) >= 11 is 5.78. The van der Waals surface area contributed by atoms with Crippen molar-refractivity contribution in [3.63, 3.8) is 0 Å². The molecule has 0 bridgehead atoms. The Morgan fingerprint density at radius 2 is 1.72 bits per heavy atom. The van der Waals surface area contributed by atoms with Crippen molar-refractivity contribution in [2.45, 2.75) is 6.61 Å². The molecule has 3 aromatic carbocycles. The molecule has 0 saturated heterocycles. The van der Waals surface area contributed by atoms with Gasteiger partial charge in [-0.05, 0) is 65.7 Å². The third-order valence-corrected chi connectivity index (χ3v) is 4.44. The van der Waals surface area contributed by atoms with Crippen LogP contribution in [-0.4, -0.2) is 25.1 Å². The highest BCUT2D eigenvalue weighted by Gasteiger charge is 2.13. The van der Waals surface area contributed by atoms with Crippen molar-refractivity contribution < 1.29 is 23.5 Å². The molecule has 2 N–H and O–H groups in total. The Bertz CT molecular complexity index is 1120. The van der Waals surface area contributed by atoms with E-state index in [9.17, 15) is 14.0 Å². The van der Waals surface area contributed by atoms with Crippen LogP contribution in [0.25, 0.3) is 0 Å². The van der Waals surface area contributed by atoms with Gasteiger partial charge in [0.2, 0.25) is 0 Å². The third kappa shape index (κ3) is 6.55. The summed E-state index contributed by atoms with van der Waals surface area (Å²) in [5.74, 6) is -1.18. The number of nitrogens with zero attached hydrogens (tertiary/aromatic N) is 1. The topological polar surface area (TPSA) is 89.0 Å². The fraction of sp³-hybridized carbons (Fsp3) is 0.0870. The molecule has 0 aliphatic heterocycles. The van der Waals surface area contributed by atoms with Gasteiger partial charge in [-0.1, -0.05) is 23.7 Å². The maximum atomic E-state index is 13.0. The monoisotopic (exact) mass is 455 g/mol. The summed E-state index contributed by atoms with van der Waals surface area (Å²) in [6, 6.07) is 17.4. The predicted octanol–water partition coefficient (Wildman–Crippen LogP) is 4.16. The van der Waals surface area contributed by atoms with Crippen LogP contribution in [0.4, 0.5) is 10.1 Å². The molecule has 164 valence electrons. The Labute approximate surface area is 188 Å². The quantitative estimate of drug-likeness (QED) is 0.318. The Hall–Kier alpha value is -3.91. The molecule has 3 rings (SSSR count). The Kier molecular flexibility index (Phi) is 7.77. The highest BCUT2D eigenvalue weighted by atomic mass is 35.5. The molecule has 0 radical (unpaired) electrons. The number of hydrogen-bond donors (Lipinski definition) is 2. The van der Waals surface area contributed by atoms with E-state index in [-0.39, 0.29) is 12.4 Å². The van der Waals surface area contributed by atoms with E-state index in [2.05, 4.69) is 15.8 Å². The average molecular weight is 456 g/mol. The number of hydrogen-bond acceptors (Lipinski definition) is 5. The lowest BCUT2D eigenvalue weighted by Crippen LogP contribution is -2.32. The molecule has 0 heterocycles. The summed E-state index contributed by atoms with van der Waals surface area (Å²) in [6.07, 6.45) is 1.36. The van der Waals surface area contributed by atoms with Crippen molar-refractivity contribution in [1.29, 1.82) is 0 Å². The summed E-state index contributed by atoms with van der Waals surface area (Å²) in [6.45, 7) is 0.239. The molecule has 0 aliphatic carbocycles. The molecular formula is C23H19ClFN3O4. The van der Waals surface area contributed by atoms with Gasteiger partial charge in [-0.15, -0.1) is 0 Å². The van der Waals surface area contributed by atoms with E-state index in [0.717, 1.165) is 5.56 Å². The molecule has 0 aliphatic rings. The van der Waals surface area contributed by atoms with Gasteiger partial charge in [0.1, 0.15) is 12.4 Å². The number of nitrogens with one attached hydrogen (secondary N) is 2. The average Bonchev–Trinajstić information content (AvgIpc) is 2.80. The molecule has 0 spiro atoms. The van der Waals surface area contributed by atoms with Crippen LogP contribution in [0.2, 0.25) is 5.02 Å². The van der Waals surface area contributed by atoms with Gasteiger partial charge >= 0.3 is 11.8 Å². The lowest BCUT2D eigenvalue weighted by Gasteiger charge is -2.11. The summed E-state index contributed by atoms with van der Waals surface area (Å²) in [4.78, 5) is 23.8. The van der Waals surface area contributed by atoms with Crippen molar-refractivity contribution in [2.24, 2.45) is 5.10 Å². The smallest absolute Gasteiger partial charge is 0.329 e. The minimum Gasteiger partial charge on any atom is -0.493 e. The van der Waals surface area contributed by atoms with Crippen LogP contribution in [0, 0.1) is 5.82 Å². The van der Waals surface area contributed by atoms with E-state index < -0.39 is 11.8 Å². The summed E-state index contributed by atoms with van der Waals surface area (Å²) in [5.41, 5.74) is 4.00. The SMILES string of the molecule is COc1cc(C=NNC(=O)C(=O)Nc2ccc(Cl)cc2)ccc1OCc1ccc(F)cc1. The molecule has 3 aromatic rings. The zero-order chi connectivity index (χ0) is 22.9. The summed E-state index contributed by atoms with van der Waals surface area (Å²) in [5, 5.41) is 6.73. The number of amides is 2. The van der Waals surface area contributed by atoms with E-state index in [4.69, 9.17) is 21.1 Å². The number of hydrazone groups is 1. The lowest BCUT2D eigenvalue weighted by molar-refractivity contribution is -0.136. The van der Waals surface area contributed by atoms with E-state index in [1.54, 1.807) is 54.6 Å². The van der Waals surface area contributed by atoms with Gasteiger partial charge in [-0.2, -0.15) is 5.10 Å². The second-order valence-corrected chi connectivity index (χ2v) is 6.92. The van der Waals surface area contributed by atoms with E-state index in [1.807, 2.05) is 0 Å². The van der Waals surface area contributed by atoms with E-state index in [1.165, 1.54) is 25.5 Å². The fourth-order valence-electron chi connectivity index (χ4n) is 2.56. The van der Waals surface area contributed by atoms with Gasteiger partial charge in [0.25, 0.3) is 0 Å². The van der Waals surface area contributed by atoms with E-state index in [0.29, 0.717) is 27.8 Å². The molecular weight excluding hydrogens is 437 g/mol. The maximum absolute atomic E-state index is 13.0. The number of rotatable bonds is 7. The fourth-order valence-corrected chi connectivity index (χ4v) is 2.69. The van der Waals surface area contributed by atoms with Gasteiger partial charge < -0.3 is 14.8 Å². The number of carbonyl (C=O) groups excluding carboxylic acids is 2. The van der Waals surface area contributed by atoms with Crippen molar-refractivity contribution in [3.05, 3.63) is 88.7 Å². The number of carbonyl (C=O) groups is 2. The Morgan fingerprint density at radius 1 is 1.00 bits per heavy atom. The van der Waals surface area contributed by atoms with Gasteiger partial charge in [-0.25, -0.2) is 9.82 Å². The molecule has 0 fully saturated rings. The summed E-state index contributed by atoms with van der Waals surface area (Å²) in [7, 11) is 1.49. The number of ether oxygens (including phenoxy) is 2. The minimum atomic E-state index is -0.928. The Morgan fingerprint density at radius 3 is 2.41 bits per heavy atom. The number of anilines is 1. The molecule has 32 heavy (non-hydrogen) atoms. The van der Waals surface area contributed by atoms with Gasteiger partial charge in [0.05, 0.1) is 13.3 Å². The number of methoxy groups -OCH3 is 1. The second kappa shape index (κ2) is 10.9. The zero-order valence-corrected chi connectivity index (χ0v) is 17.7. The molecule has 7 nitrogen and oxygen atoms in total. The molecule has 0 atom stereocenters.